The highest BCUT2D eigenvalue weighted by molar-refractivity contribution is 6.08. The second-order valence-corrected chi connectivity index (χ2v) is 5.85. The summed E-state index contributed by atoms with van der Waals surface area (Å²) in [5.41, 5.74) is 2.91. The number of oxazole rings is 1. The van der Waals surface area contributed by atoms with Crippen LogP contribution in [0.2, 0.25) is 0 Å². The Morgan fingerprint density at radius 2 is 2.21 bits per heavy atom. The average Bonchev–Trinajstić information content (AvgIpc) is 3.28. The van der Waals surface area contributed by atoms with Gasteiger partial charge in [-0.15, -0.1) is 0 Å². The number of anilines is 1. The van der Waals surface area contributed by atoms with Crippen molar-refractivity contribution in [2.24, 2.45) is 0 Å². The summed E-state index contributed by atoms with van der Waals surface area (Å²) in [7, 11) is 0. The van der Waals surface area contributed by atoms with Gasteiger partial charge in [-0.05, 0) is 43.5 Å². The van der Waals surface area contributed by atoms with Crippen LogP contribution in [0.25, 0.3) is 10.9 Å². The molecule has 1 aromatic carbocycles. The van der Waals surface area contributed by atoms with Crippen LogP contribution in [0.3, 0.4) is 0 Å². The summed E-state index contributed by atoms with van der Waals surface area (Å²) in [6.07, 6.45) is 4.65. The number of carbonyl (C=O) groups excluding carboxylic acids is 1. The fourth-order valence-electron chi connectivity index (χ4n) is 3.04. The second kappa shape index (κ2) is 6.05. The number of ether oxygens (including phenoxy) is 1. The average molecular weight is 323 g/mol. The molecule has 4 rings (SSSR count). The number of hydrogen-bond donors (Lipinski definition) is 1. The predicted molar refractivity (Wildman–Crippen MR) is 88.9 cm³/mol. The maximum absolute atomic E-state index is 12.7. The Morgan fingerprint density at radius 1 is 1.29 bits per heavy atom. The minimum atomic E-state index is -0.303. The fraction of sp³-hybridized carbons (Fsp3) is 0.278. The number of nitrogens with one attached hydrogen (secondary N) is 1. The molecule has 1 N–H and O–H groups in total. The number of carbonyl (C=O) groups is 1. The molecular weight excluding hydrogens is 306 g/mol. The van der Waals surface area contributed by atoms with Gasteiger partial charge < -0.3 is 14.5 Å². The third-order valence-electron chi connectivity index (χ3n) is 4.25. The Balaban J connectivity index is 1.66. The van der Waals surface area contributed by atoms with Crippen molar-refractivity contribution in [2.75, 3.05) is 11.9 Å². The first-order chi connectivity index (χ1) is 11.7. The summed E-state index contributed by atoms with van der Waals surface area (Å²) in [5, 5.41) is 3.82. The van der Waals surface area contributed by atoms with Crippen LogP contribution in [0.15, 0.2) is 41.3 Å². The first-order valence-electron chi connectivity index (χ1n) is 7.94. The third kappa shape index (κ3) is 2.55. The molecule has 1 aliphatic heterocycles. The molecule has 1 amide bonds. The lowest BCUT2D eigenvalue weighted by molar-refractivity contribution is 0.0889. The molecule has 24 heavy (non-hydrogen) atoms. The minimum Gasteiger partial charge on any atom is -0.445 e. The van der Waals surface area contributed by atoms with Crippen molar-refractivity contribution in [2.45, 2.75) is 25.9 Å². The number of amides is 1. The molecule has 0 bridgehead atoms. The molecule has 6 nitrogen and oxygen atoms in total. The van der Waals surface area contributed by atoms with E-state index in [4.69, 9.17) is 9.15 Å². The van der Waals surface area contributed by atoms with Gasteiger partial charge in [0.2, 0.25) is 0 Å². The first kappa shape index (κ1) is 14.8. The van der Waals surface area contributed by atoms with Gasteiger partial charge in [0.05, 0.1) is 11.2 Å². The Bertz CT molecular complexity index is 897. The smallest absolute Gasteiger partial charge is 0.278 e. The lowest BCUT2D eigenvalue weighted by atomic mass is 10.1. The molecule has 1 fully saturated rings. The summed E-state index contributed by atoms with van der Waals surface area (Å²) in [4.78, 5) is 21.1. The summed E-state index contributed by atoms with van der Waals surface area (Å²) >= 11 is 0. The van der Waals surface area contributed by atoms with Crippen LogP contribution in [0.5, 0.6) is 0 Å². The van der Waals surface area contributed by atoms with Crippen LogP contribution in [-0.4, -0.2) is 22.5 Å². The maximum Gasteiger partial charge on any atom is 0.278 e. The zero-order valence-corrected chi connectivity index (χ0v) is 13.3. The zero-order chi connectivity index (χ0) is 16.5. The number of hydrogen-bond acceptors (Lipinski definition) is 5. The summed E-state index contributed by atoms with van der Waals surface area (Å²) < 4.78 is 11.0. The Morgan fingerprint density at radius 3 is 3.04 bits per heavy atom. The number of aryl methyl sites for hydroxylation is 1. The highest BCUT2D eigenvalue weighted by Crippen LogP contribution is 2.31. The van der Waals surface area contributed by atoms with E-state index in [0.29, 0.717) is 18.1 Å². The highest BCUT2D eigenvalue weighted by atomic mass is 16.5. The molecule has 122 valence electrons. The molecule has 3 aromatic rings. The van der Waals surface area contributed by atoms with Crippen molar-refractivity contribution in [1.82, 2.24) is 9.97 Å². The van der Waals surface area contributed by atoms with Gasteiger partial charge in [0, 0.05) is 18.2 Å². The van der Waals surface area contributed by atoms with Gasteiger partial charge in [-0.2, -0.15) is 0 Å². The molecule has 1 unspecified atom stereocenters. The summed E-state index contributed by atoms with van der Waals surface area (Å²) in [6, 6.07) is 7.61. The number of benzene rings is 1. The first-order valence-corrected chi connectivity index (χ1v) is 7.94. The van der Waals surface area contributed by atoms with Gasteiger partial charge >= 0.3 is 0 Å². The normalized spacial score (nSPS) is 17.3. The maximum atomic E-state index is 12.7. The second-order valence-electron chi connectivity index (χ2n) is 5.85. The minimum absolute atomic E-state index is 0.190. The third-order valence-corrected chi connectivity index (χ3v) is 4.25. The van der Waals surface area contributed by atoms with Crippen molar-refractivity contribution < 1.29 is 13.9 Å². The van der Waals surface area contributed by atoms with Crippen LogP contribution in [0.4, 0.5) is 5.69 Å². The van der Waals surface area contributed by atoms with E-state index in [1.807, 2.05) is 31.2 Å². The lowest BCUT2D eigenvalue weighted by Gasteiger charge is -2.11. The molecule has 1 aliphatic rings. The number of aromatic nitrogens is 2. The van der Waals surface area contributed by atoms with Gasteiger partial charge in [0.1, 0.15) is 6.10 Å². The van der Waals surface area contributed by atoms with Crippen LogP contribution in [0.1, 0.15) is 40.8 Å². The van der Waals surface area contributed by atoms with E-state index in [2.05, 4.69) is 15.3 Å². The molecule has 0 saturated carbocycles. The highest BCUT2D eigenvalue weighted by Gasteiger charge is 2.28. The van der Waals surface area contributed by atoms with E-state index < -0.39 is 0 Å². The summed E-state index contributed by atoms with van der Waals surface area (Å²) in [6.45, 7) is 2.68. The quantitative estimate of drug-likeness (QED) is 0.796. The number of pyridine rings is 1. The topological polar surface area (TPSA) is 77.2 Å². The Labute approximate surface area is 138 Å². The fourth-order valence-corrected chi connectivity index (χ4v) is 3.04. The van der Waals surface area contributed by atoms with E-state index in [0.717, 1.165) is 29.3 Å². The van der Waals surface area contributed by atoms with Gasteiger partial charge in [-0.3, -0.25) is 9.78 Å². The molecular formula is C18H17N3O3. The van der Waals surface area contributed by atoms with Crippen LogP contribution in [-0.2, 0) is 4.74 Å². The van der Waals surface area contributed by atoms with Crippen LogP contribution < -0.4 is 5.32 Å². The van der Waals surface area contributed by atoms with Gasteiger partial charge in [0.25, 0.3) is 5.91 Å². The largest absolute Gasteiger partial charge is 0.445 e. The Kier molecular flexibility index (Phi) is 3.74. The van der Waals surface area contributed by atoms with Gasteiger partial charge in [-0.1, -0.05) is 6.07 Å². The monoisotopic (exact) mass is 323 g/mol. The van der Waals surface area contributed by atoms with Gasteiger partial charge in [-0.25, -0.2) is 4.98 Å². The van der Waals surface area contributed by atoms with E-state index in [-0.39, 0.29) is 17.7 Å². The predicted octanol–water partition coefficient (Wildman–Crippen LogP) is 3.64. The molecule has 0 aliphatic carbocycles. The Hall–Kier alpha value is -2.73. The van der Waals surface area contributed by atoms with E-state index in [1.54, 1.807) is 6.20 Å². The lowest BCUT2D eigenvalue weighted by Crippen LogP contribution is -2.16. The SMILES string of the molecule is Cc1ccc(NC(=O)c2ncoc2C2CCCO2)c2cccnc12. The van der Waals surface area contributed by atoms with E-state index in [9.17, 15) is 4.79 Å². The number of rotatable bonds is 3. The van der Waals surface area contributed by atoms with Crippen molar-refractivity contribution in [3.63, 3.8) is 0 Å². The molecule has 1 atom stereocenters. The number of fused-ring (bicyclic) bond motifs is 1. The molecule has 2 aromatic heterocycles. The van der Waals surface area contributed by atoms with Crippen molar-refractivity contribution >= 4 is 22.5 Å². The van der Waals surface area contributed by atoms with Gasteiger partial charge in [0.15, 0.2) is 17.8 Å². The number of nitrogens with zero attached hydrogens (tertiary/aromatic N) is 2. The van der Waals surface area contributed by atoms with Crippen molar-refractivity contribution in [3.8, 4) is 0 Å². The molecule has 0 radical (unpaired) electrons. The van der Waals surface area contributed by atoms with Crippen LogP contribution in [0, 0.1) is 6.92 Å². The zero-order valence-electron chi connectivity index (χ0n) is 13.3. The van der Waals surface area contributed by atoms with E-state index >= 15 is 0 Å². The van der Waals surface area contributed by atoms with Crippen LogP contribution >= 0.6 is 0 Å². The summed E-state index contributed by atoms with van der Waals surface area (Å²) in [5.74, 6) is 0.197. The van der Waals surface area contributed by atoms with Crippen molar-refractivity contribution in [1.29, 1.82) is 0 Å². The van der Waals surface area contributed by atoms with Crippen molar-refractivity contribution in [3.05, 3.63) is 53.9 Å². The van der Waals surface area contributed by atoms with E-state index in [1.165, 1.54) is 6.39 Å². The molecule has 6 heteroatoms. The molecule has 3 heterocycles. The molecule has 1 saturated heterocycles. The standard InChI is InChI=1S/C18H17N3O3/c1-11-6-7-13(12-4-2-8-19-15(11)12)21-18(22)16-17(24-10-20-16)14-5-3-9-23-14/h2,4,6-8,10,14H,3,5,9H2,1H3,(H,21,22). The molecule has 0 spiro atoms.